The predicted molar refractivity (Wildman–Crippen MR) is 82.7 cm³/mol. The molecule has 0 radical (unpaired) electrons. The van der Waals surface area contributed by atoms with E-state index in [0.717, 1.165) is 0 Å². The van der Waals surface area contributed by atoms with Gasteiger partial charge in [0.05, 0.1) is 13.2 Å². The molecule has 1 N–H and O–H groups in total. The van der Waals surface area contributed by atoms with E-state index in [9.17, 15) is 19.1 Å². The monoisotopic (exact) mass is 349 g/mol. The van der Waals surface area contributed by atoms with E-state index in [0.29, 0.717) is 11.5 Å². The molecule has 1 aliphatic heterocycles. The van der Waals surface area contributed by atoms with Crippen LogP contribution in [-0.2, 0) is 16.1 Å². The number of carbonyl (C=O) groups is 2. The number of ether oxygens (including phenoxy) is 2. The average molecular weight is 349 g/mol. The van der Waals surface area contributed by atoms with Gasteiger partial charge in [-0.3, -0.25) is 4.79 Å². The normalized spacial score (nSPS) is 17.3. The zero-order valence-corrected chi connectivity index (χ0v) is 13.2. The van der Waals surface area contributed by atoms with Gasteiger partial charge in [-0.05, 0) is 36.4 Å². The Labute approximate surface area is 142 Å². The molecule has 132 valence electrons. The molecule has 1 amide bonds. The molecule has 1 aromatic heterocycles. The van der Waals surface area contributed by atoms with Crippen LogP contribution in [0.4, 0.5) is 4.39 Å². The number of hydrogen-bond acceptors (Lipinski definition) is 5. The lowest BCUT2D eigenvalue weighted by Crippen LogP contribution is -2.52. The van der Waals surface area contributed by atoms with Crippen molar-refractivity contribution in [3.63, 3.8) is 0 Å². The highest BCUT2D eigenvalue weighted by Gasteiger charge is 2.34. The van der Waals surface area contributed by atoms with Gasteiger partial charge in [0.15, 0.2) is 11.8 Å². The summed E-state index contributed by atoms with van der Waals surface area (Å²) in [5, 5.41) is 9.19. The first-order valence-electron chi connectivity index (χ1n) is 7.63. The molecule has 0 spiro atoms. The van der Waals surface area contributed by atoms with Crippen molar-refractivity contribution in [1.29, 1.82) is 0 Å². The molecule has 1 fully saturated rings. The fraction of sp³-hybridized carbons (Fsp3) is 0.294. The van der Waals surface area contributed by atoms with Gasteiger partial charge >= 0.3 is 5.97 Å². The first-order valence-corrected chi connectivity index (χ1v) is 7.63. The zero-order valence-electron chi connectivity index (χ0n) is 13.2. The number of benzene rings is 1. The summed E-state index contributed by atoms with van der Waals surface area (Å²) >= 11 is 0. The number of amides is 1. The van der Waals surface area contributed by atoms with Crippen molar-refractivity contribution in [1.82, 2.24) is 4.90 Å². The summed E-state index contributed by atoms with van der Waals surface area (Å²) < 4.78 is 28.8. The summed E-state index contributed by atoms with van der Waals surface area (Å²) in [7, 11) is 0. The lowest BCUT2D eigenvalue weighted by molar-refractivity contribution is -0.147. The smallest absolute Gasteiger partial charge is 0.328 e. The first-order chi connectivity index (χ1) is 12.0. The second kappa shape index (κ2) is 7.35. The third-order valence-corrected chi connectivity index (χ3v) is 3.74. The number of aliphatic carboxylic acids is 1. The van der Waals surface area contributed by atoms with Crippen molar-refractivity contribution in [2.75, 3.05) is 19.8 Å². The van der Waals surface area contributed by atoms with Gasteiger partial charge in [-0.2, -0.15) is 0 Å². The van der Waals surface area contributed by atoms with Crippen molar-refractivity contribution in [3.05, 3.63) is 53.7 Å². The van der Waals surface area contributed by atoms with Gasteiger partial charge < -0.3 is 23.9 Å². The predicted octanol–water partition coefficient (Wildman–Crippen LogP) is 1.92. The maximum Gasteiger partial charge on any atom is 0.328 e. The Morgan fingerprint density at radius 3 is 2.72 bits per heavy atom. The lowest BCUT2D eigenvalue weighted by Gasteiger charge is -2.32. The van der Waals surface area contributed by atoms with E-state index in [1.54, 1.807) is 6.07 Å². The second-order valence-corrected chi connectivity index (χ2v) is 5.44. The summed E-state index contributed by atoms with van der Waals surface area (Å²) in [6, 6.07) is 7.52. The first kappa shape index (κ1) is 17.0. The minimum Gasteiger partial charge on any atom is -0.486 e. The maximum atomic E-state index is 12.8. The fourth-order valence-electron chi connectivity index (χ4n) is 2.45. The van der Waals surface area contributed by atoms with E-state index in [-0.39, 0.29) is 37.9 Å². The van der Waals surface area contributed by atoms with Gasteiger partial charge in [0.25, 0.3) is 5.91 Å². The Hall–Kier alpha value is -2.87. The summed E-state index contributed by atoms with van der Waals surface area (Å²) in [6.45, 7) is 0.460. The molecule has 25 heavy (non-hydrogen) atoms. The minimum absolute atomic E-state index is 0.0332. The molecule has 1 aliphatic rings. The molecule has 8 heteroatoms. The number of morpholine rings is 1. The largest absolute Gasteiger partial charge is 0.486 e. The Bertz CT molecular complexity index is 757. The summed E-state index contributed by atoms with van der Waals surface area (Å²) in [5.74, 6) is -1.11. The molecule has 3 rings (SSSR count). The highest BCUT2D eigenvalue weighted by molar-refractivity contribution is 5.94. The van der Waals surface area contributed by atoms with Crippen LogP contribution < -0.4 is 4.74 Å². The Morgan fingerprint density at radius 1 is 1.24 bits per heavy atom. The molecule has 1 aromatic carbocycles. The third kappa shape index (κ3) is 3.97. The number of nitrogens with zero attached hydrogens (tertiary/aromatic N) is 1. The van der Waals surface area contributed by atoms with Crippen molar-refractivity contribution in [2.45, 2.75) is 12.6 Å². The van der Waals surface area contributed by atoms with E-state index < -0.39 is 17.9 Å². The van der Waals surface area contributed by atoms with Crippen LogP contribution >= 0.6 is 0 Å². The van der Waals surface area contributed by atoms with E-state index in [1.807, 2.05) is 0 Å². The van der Waals surface area contributed by atoms with Crippen LogP contribution in [0.1, 0.15) is 16.3 Å². The van der Waals surface area contributed by atoms with Crippen molar-refractivity contribution >= 4 is 11.9 Å². The molecule has 0 bridgehead atoms. The Balaban J connectivity index is 1.64. The average Bonchev–Trinajstić information content (AvgIpc) is 3.09. The molecule has 1 saturated heterocycles. The number of hydrogen-bond donors (Lipinski definition) is 1. The second-order valence-electron chi connectivity index (χ2n) is 5.44. The van der Waals surface area contributed by atoms with Gasteiger partial charge in [-0.15, -0.1) is 0 Å². The minimum atomic E-state index is -1.13. The topological polar surface area (TPSA) is 89.2 Å². The zero-order chi connectivity index (χ0) is 17.8. The summed E-state index contributed by atoms with van der Waals surface area (Å²) in [4.78, 5) is 24.9. The van der Waals surface area contributed by atoms with E-state index >= 15 is 0 Å². The van der Waals surface area contributed by atoms with E-state index in [2.05, 4.69) is 0 Å². The summed E-state index contributed by atoms with van der Waals surface area (Å²) in [6.07, 6.45) is 0. The molecule has 1 unspecified atom stereocenters. The van der Waals surface area contributed by atoms with Crippen molar-refractivity contribution < 1.29 is 33.0 Å². The van der Waals surface area contributed by atoms with Gasteiger partial charge in [0, 0.05) is 6.54 Å². The van der Waals surface area contributed by atoms with Crippen molar-refractivity contribution in [3.8, 4) is 5.75 Å². The van der Waals surface area contributed by atoms with Gasteiger partial charge in [-0.25, -0.2) is 9.18 Å². The van der Waals surface area contributed by atoms with Crippen LogP contribution in [0.25, 0.3) is 0 Å². The summed E-state index contributed by atoms with van der Waals surface area (Å²) in [5.41, 5.74) is 0. The highest BCUT2D eigenvalue weighted by atomic mass is 19.1. The number of halogens is 1. The van der Waals surface area contributed by atoms with Gasteiger partial charge in [0.1, 0.15) is 23.9 Å². The number of carboxylic acids is 1. The highest BCUT2D eigenvalue weighted by Crippen LogP contribution is 2.18. The molecule has 0 aliphatic carbocycles. The Morgan fingerprint density at radius 2 is 2.00 bits per heavy atom. The van der Waals surface area contributed by atoms with Crippen LogP contribution in [0.3, 0.4) is 0 Å². The number of carbonyl (C=O) groups excluding carboxylic acids is 1. The van der Waals surface area contributed by atoms with Crippen LogP contribution in [0.15, 0.2) is 40.8 Å². The molecule has 2 heterocycles. The number of furan rings is 1. The third-order valence-electron chi connectivity index (χ3n) is 3.74. The van der Waals surface area contributed by atoms with Gasteiger partial charge in [-0.1, -0.05) is 0 Å². The number of carboxylic acid groups (broad SMARTS) is 1. The van der Waals surface area contributed by atoms with Crippen LogP contribution in [0, 0.1) is 5.82 Å². The fourth-order valence-corrected chi connectivity index (χ4v) is 2.45. The van der Waals surface area contributed by atoms with E-state index in [4.69, 9.17) is 13.9 Å². The molecule has 2 aromatic rings. The molecular formula is C17H16FNO6. The van der Waals surface area contributed by atoms with Crippen LogP contribution in [-0.4, -0.2) is 47.7 Å². The van der Waals surface area contributed by atoms with Crippen molar-refractivity contribution in [2.24, 2.45) is 0 Å². The molecule has 1 atom stereocenters. The molecular weight excluding hydrogens is 333 g/mol. The quantitative estimate of drug-likeness (QED) is 0.887. The lowest BCUT2D eigenvalue weighted by atomic mass is 10.2. The van der Waals surface area contributed by atoms with Gasteiger partial charge in [0.2, 0.25) is 0 Å². The van der Waals surface area contributed by atoms with Crippen LogP contribution in [0.5, 0.6) is 5.75 Å². The Kier molecular flexibility index (Phi) is 4.99. The molecule has 7 nitrogen and oxygen atoms in total. The van der Waals surface area contributed by atoms with Crippen LogP contribution in [0.2, 0.25) is 0 Å². The maximum absolute atomic E-state index is 12.8. The standard InChI is InChI=1S/C17H16FNO6/c18-11-1-3-12(4-2-11)24-9-13-5-6-15(25-13)16(20)19-7-8-23-10-14(19)17(21)22/h1-6,14H,7-10H2,(H,21,22). The number of rotatable bonds is 5. The SMILES string of the molecule is O=C(O)C1COCCN1C(=O)c1ccc(COc2ccc(F)cc2)o1. The van der Waals surface area contributed by atoms with E-state index in [1.165, 1.54) is 35.2 Å². The molecule has 0 saturated carbocycles.